The first-order chi connectivity index (χ1) is 26.5. The first-order valence-corrected chi connectivity index (χ1v) is 18.7. The van der Waals surface area contributed by atoms with Crippen molar-refractivity contribution in [2.45, 2.75) is 98.8 Å². The minimum atomic E-state index is -0.870. The molecule has 0 saturated heterocycles. The Bertz CT molecular complexity index is 2020. The van der Waals surface area contributed by atoms with Crippen molar-refractivity contribution in [1.82, 2.24) is 14.8 Å². The minimum Gasteiger partial charge on any atom is -0.503 e. The van der Waals surface area contributed by atoms with Gasteiger partial charge in [0.25, 0.3) is 0 Å². The van der Waals surface area contributed by atoms with Gasteiger partial charge >= 0.3 is 24.1 Å². The third-order valence-electron chi connectivity index (χ3n) is 8.81. The molecule has 0 bridgehead atoms. The van der Waals surface area contributed by atoms with Crippen molar-refractivity contribution < 1.29 is 61.2 Å². The number of fused-ring (bicyclic) bond motifs is 3. The van der Waals surface area contributed by atoms with Gasteiger partial charge in [-0.05, 0) is 115 Å². The molecule has 2 unspecified atom stereocenters. The third kappa shape index (κ3) is 11.3. The Hall–Kier alpha value is -5.48. The number of oxazole rings is 1. The molecule has 312 valence electrons. The van der Waals surface area contributed by atoms with Gasteiger partial charge in [0.15, 0.2) is 23.0 Å². The van der Waals surface area contributed by atoms with Gasteiger partial charge in [0.2, 0.25) is 11.8 Å². The number of halogens is 2. The SMILES string of the molecule is CCOC(=O)C1Cc2cc(NC(=O)CN(C)C(=O)OC(C)(C)C)c(O)c(F)c2C1.CCOC(=O)C1Cc2cc3nc(CN(C)C(=O)OC(C)(C)C)oc3c(F)c2C1. The highest BCUT2D eigenvalue weighted by Crippen LogP contribution is 2.39. The van der Waals surface area contributed by atoms with E-state index >= 15 is 0 Å². The molecule has 2 atom stereocenters. The summed E-state index contributed by atoms with van der Waals surface area (Å²) in [7, 11) is 2.95. The van der Waals surface area contributed by atoms with Crippen LogP contribution < -0.4 is 5.32 Å². The van der Waals surface area contributed by atoms with E-state index < -0.39 is 58.6 Å². The maximum Gasteiger partial charge on any atom is 0.410 e. The van der Waals surface area contributed by atoms with E-state index in [1.807, 2.05) is 0 Å². The smallest absolute Gasteiger partial charge is 0.410 e. The summed E-state index contributed by atoms with van der Waals surface area (Å²) in [5.41, 5.74) is 0.932. The summed E-state index contributed by atoms with van der Waals surface area (Å²) in [6.45, 7) is 14.1. The van der Waals surface area contributed by atoms with Crippen LogP contribution in [0.2, 0.25) is 0 Å². The van der Waals surface area contributed by atoms with Gasteiger partial charge in [-0.1, -0.05) is 0 Å². The third-order valence-corrected chi connectivity index (χ3v) is 8.81. The van der Waals surface area contributed by atoms with E-state index in [2.05, 4.69) is 10.3 Å². The number of amides is 3. The number of nitrogens with one attached hydrogen (secondary N) is 1. The number of hydrogen-bond acceptors (Lipinski definition) is 12. The number of ether oxygens (including phenoxy) is 4. The molecular weight excluding hydrogens is 750 g/mol. The number of rotatable bonds is 9. The number of anilines is 1. The topological polar surface area (TPSA) is 187 Å². The summed E-state index contributed by atoms with van der Waals surface area (Å²) < 4.78 is 55.6. The predicted molar refractivity (Wildman–Crippen MR) is 202 cm³/mol. The quantitative estimate of drug-likeness (QED) is 0.141. The van der Waals surface area contributed by atoms with Crippen LogP contribution in [0.3, 0.4) is 0 Å². The monoisotopic (exact) mass is 802 g/mol. The molecule has 0 saturated carbocycles. The molecule has 0 spiro atoms. The lowest BCUT2D eigenvalue weighted by molar-refractivity contribution is -0.148. The number of phenols is 1. The molecule has 3 aromatic rings. The number of nitrogens with zero attached hydrogens (tertiary/aromatic N) is 3. The van der Waals surface area contributed by atoms with Crippen LogP contribution in [0.5, 0.6) is 5.75 Å². The van der Waals surface area contributed by atoms with Crippen molar-refractivity contribution in [2.75, 3.05) is 39.2 Å². The van der Waals surface area contributed by atoms with Crippen LogP contribution in [-0.2, 0) is 65.6 Å². The van der Waals surface area contributed by atoms with Gasteiger partial charge in [-0.25, -0.2) is 23.4 Å². The highest BCUT2D eigenvalue weighted by atomic mass is 19.1. The minimum absolute atomic E-state index is 0.0378. The zero-order valence-electron chi connectivity index (χ0n) is 34.1. The molecule has 3 amide bonds. The van der Waals surface area contributed by atoms with Crippen molar-refractivity contribution in [3.05, 3.63) is 51.9 Å². The Morgan fingerprint density at radius 3 is 1.81 bits per heavy atom. The molecule has 15 nitrogen and oxygen atoms in total. The van der Waals surface area contributed by atoms with E-state index in [1.54, 1.807) is 68.5 Å². The lowest BCUT2D eigenvalue weighted by Crippen LogP contribution is -2.38. The number of carbonyl (C=O) groups is 5. The standard InChI is InChI=1S/C20H27FN2O6.C20H25FN2O5/c1-6-28-18(26)12-7-11-9-14(17(25)16(21)13(11)8-12)22-15(24)10-23(5)19(27)29-20(2,3)4;1-6-26-18(24)12-7-11-9-14-17(16(21)13(11)8-12)27-15(22-14)10-23(5)19(25)28-20(2,3)4/h9,12,25H,6-8,10H2,1-5H3,(H,22,24);9,12H,6-8,10H2,1-5H3. The molecule has 0 radical (unpaired) electrons. The normalized spacial score (nSPS) is 15.8. The van der Waals surface area contributed by atoms with Gasteiger partial charge in [0.1, 0.15) is 29.8 Å². The zero-order chi connectivity index (χ0) is 42.6. The molecule has 2 aliphatic rings. The van der Waals surface area contributed by atoms with Crippen LogP contribution in [-0.4, -0.2) is 95.0 Å². The van der Waals surface area contributed by atoms with Crippen molar-refractivity contribution in [2.24, 2.45) is 11.8 Å². The van der Waals surface area contributed by atoms with Gasteiger partial charge in [-0.3, -0.25) is 14.4 Å². The molecule has 1 aromatic heterocycles. The van der Waals surface area contributed by atoms with Crippen molar-refractivity contribution in [1.29, 1.82) is 0 Å². The van der Waals surface area contributed by atoms with Gasteiger partial charge in [-0.15, -0.1) is 0 Å². The molecule has 17 heteroatoms. The first kappa shape index (κ1) is 44.2. The van der Waals surface area contributed by atoms with Crippen LogP contribution in [0.25, 0.3) is 11.1 Å². The summed E-state index contributed by atoms with van der Waals surface area (Å²) in [5, 5.41) is 12.5. The number of benzene rings is 2. The average molecular weight is 803 g/mol. The maximum atomic E-state index is 14.9. The number of aromatic hydroxyl groups is 1. The van der Waals surface area contributed by atoms with Crippen LogP contribution >= 0.6 is 0 Å². The lowest BCUT2D eigenvalue weighted by atomic mass is 10.1. The van der Waals surface area contributed by atoms with Crippen molar-refractivity contribution in [3.8, 4) is 5.75 Å². The summed E-state index contributed by atoms with van der Waals surface area (Å²) in [4.78, 5) is 66.9. The fraction of sp³-hybridized carbons (Fsp3) is 0.550. The Labute approximate surface area is 329 Å². The lowest BCUT2D eigenvalue weighted by Gasteiger charge is -2.24. The van der Waals surface area contributed by atoms with Gasteiger partial charge in [0, 0.05) is 14.1 Å². The fourth-order valence-corrected chi connectivity index (χ4v) is 6.30. The van der Waals surface area contributed by atoms with Crippen LogP contribution in [0, 0.1) is 23.5 Å². The second-order valence-electron chi connectivity index (χ2n) is 15.9. The Morgan fingerprint density at radius 2 is 1.30 bits per heavy atom. The van der Waals surface area contributed by atoms with Gasteiger partial charge < -0.3 is 43.6 Å². The molecule has 57 heavy (non-hydrogen) atoms. The highest BCUT2D eigenvalue weighted by Gasteiger charge is 2.35. The molecule has 1 heterocycles. The zero-order valence-corrected chi connectivity index (χ0v) is 34.1. The predicted octanol–water partition coefficient (Wildman–Crippen LogP) is 6.23. The molecule has 2 aliphatic carbocycles. The Morgan fingerprint density at radius 1 is 0.807 bits per heavy atom. The molecular formula is C40H52F2N4O11. The Kier molecular flexibility index (Phi) is 13.8. The number of esters is 2. The Balaban J connectivity index is 0.000000253. The van der Waals surface area contributed by atoms with Gasteiger partial charge in [-0.2, -0.15) is 0 Å². The van der Waals surface area contributed by atoms with E-state index in [4.69, 9.17) is 23.4 Å². The first-order valence-electron chi connectivity index (χ1n) is 18.7. The summed E-state index contributed by atoms with van der Waals surface area (Å²) in [5.74, 6) is -4.14. The maximum absolute atomic E-state index is 14.9. The molecule has 2 N–H and O–H groups in total. The van der Waals surface area contributed by atoms with Crippen molar-refractivity contribution in [3.63, 3.8) is 0 Å². The number of aromatic nitrogens is 1. The molecule has 0 aliphatic heterocycles. The molecule has 0 fully saturated rings. The summed E-state index contributed by atoms with van der Waals surface area (Å²) in [6.07, 6.45) is -0.121. The van der Waals surface area contributed by atoms with Crippen molar-refractivity contribution >= 4 is 46.8 Å². The van der Waals surface area contributed by atoms with E-state index in [0.717, 1.165) is 10.5 Å². The summed E-state index contributed by atoms with van der Waals surface area (Å²) in [6, 6.07) is 3.19. The second-order valence-corrected chi connectivity index (χ2v) is 15.9. The number of carbonyl (C=O) groups excluding carboxylic acids is 5. The summed E-state index contributed by atoms with van der Waals surface area (Å²) >= 11 is 0. The molecule has 5 rings (SSSR count). The fourth-order valence-electron chi connectivity index (χ4n) is 6.30. The van der Waals surface area contributed by atoms with Crippen LogP contribution in [0.15, 0.2) is 16.5 Å². The number of hydrogen-bond donors (Lipinski definition) is 2. The number of likely N-dealkylation sites (N-methyl/N-ethyl adjacent to an activating group) is 1. The van der Waals surface area contributed by atoms with E-state index in [-0.39, 0.29) is 73.6 Å². The second kappa shape index (κ2) is 17.8. The van der Waals surface area contributed by atoms with Gasteiger partial charge in [0.05, 0.1) is 30.7 Å². The van der Waals surface area contributed by atoms with E-state index in [9.17, 15) is 37.9 Å². The highest BCUT2D eigenvalue weighted by molar-refractivity contribution is 5.95. The van der Waals surface area contributed by atoms with E-state index in [1.165, 1.54) is 18.0 Å². The largest absolute Gasteiger partial charge is 0.503 e. The average Bonchev–Trinajstić information content (AvgIpc) is 3.83. The number of phenolic OH excluding ortho intramolecular Hbond substituents is 1. The molecule has 2 aromatic carbocycles. The van der Waals surface area contributed by atoms with Crippen LogP contribution in [0.4, 0.5) is 24.1 Å². The van der Waals surface area contributed by atoms with Crippen LogP contribution in [0.1, 0.15) is 83.5 Å². The van der Waals surface area contributed by atoms with E-state index in [0.29, 0.717) is 29.7 Å².